The second-order valence-electron chi connectivity index (χ2n) is 6.56. The van der Waals surface area contributed by atoms with Crippen LogP contribution >= 0.6 is 0 Å². The highest BCUT2D eigenvalue weighted by Gasteiger charge is 2.37. The number of methoxy groups -OCH3 is 1. The normalized spacial score (nSPS) is 20.6. The van der Waals surface area contributed by atoms with Crippen LogP contribution in [0.1, 0.15) is 36.0 Å². The van der Waals surface area contributed by atoms with E-state index in [2.05, 4.69) is 4.98 Å². The van der Waals surface area contributed by atoms with Gasteiger partial charge in [0.25, 0.3) is 5.91 Å². The van der Waals surface area contributed by atoms with Crippen LogP contribution in [-0.2, 0) is 9.53 Å². The molecular weight excluding hydrogens is 318 g/mol. The molecule has 1 fully saturated rings. The zero-order valence-corrected chi connectivity index (χ0v) is 14.4. The third kappa shape index (κ3) is 3.64. The first-order valence-electron chi connectivity index (χ1n) is 8.51. The Morgan fingerprint density at radius 3 is 2.92 bits per heavy atom. The fourth-order valence-electron chi connectivity index (χ4n) is 3.56. The lowest BCUT2D eigenvalue weighted by Gasteiger charge is -2.42. The predicted molar refractivity (Wildman–Crippen MR) is 95.0 cm³/mol. The van der Waals surface area contributed by atoms with E-state index >= 15 is 0 Å². The molecule has 25 heavy (non-hydrogen) atoms. The zero-order chi connectivity index (χ0) is 17.9. The summed E-state index contributed by atoms with van der Waals surface area (Å²) in [4.78, 5) is 30.4. The molecule has 2 N–H and O–H groups in total. The number of hydrogen-bond donors (Lipinski definition) is 1. The second-order valence-corrected chi connectivity index (χ2v) is 6.56. The van der Waals surface area contributed by atoms with Crippen molar-refractivity contribution >= 4 is 22.7 Å². The molecule has 0 saturated carbocycles. The topological polar surface area (TPSA) is 85.5 Å². The summed E-state index contributed by atoms with van der Waals surface area (Å²) in [6, 6.07) is 9.33. The molecule has 1 saturated heterocycles. The number of pyridine rings is 1. The van der Waals surface area contributed by atoms with Crippen molar-refractivity contribution in [2.24, 2.45) is 5.73 Å². The Balaban J connectivity index is 1.85. The minimum Gasteiger partial charge on any atom is -0.376 e. The number of piperidine rings is 1. The summed E-state index contributed by atoms with van der Waals surface area (Å²) in [6.45, 7) is 1.14. The van der Waals surface area contributed by atoms with Crippen LogP contribution in [0.15, 0.2) is 36.5 Å². The van der Waals surface area contributed by atoms with Crippen molar-refractivity contribution in [2.75, 3.05) is 20.2 Å². The molecule has 132 valence electrons. The number of hydrogen-bond acceptors (Lipinski definition) is 4. The molecule has 1 aromatic carbocycles. The number of carbonyl (C=O) groups is 2. The molecule has 1 aliphatic heterocycles. The third-order valence-electron chi connectivity index (χ3n) is 4.96. The number of benzene rings is 1. The number of aromatic nitrogens is 1. The number of nitrogens with zero attached hydrogens (tertiary/aromatic N) is 2. The largest absolute Gasteiger partial charge is 0.376 e. The van der Waals surface area contributed by atoms with Crippen LogP contribution in [-0.4, -0.2) is 47.5 Å². The van der Waals surface area contributed by atoms with Crippen molar-refractivity contribution in [3.63, 3.8) is 0 Å². The van der Waals surface area contributed by atoms with Crippen LogP contribution in [0.2, 0.25) is 0 Å². The molecule has 0 unspecified atom stereocenters. The van der Waals surface area contributed by atoms with E-state index in [9.17, 15) is 9.59 Å². The predicted octanol–water partition coefficient (Wildman–Crippen LogP) is 2.12. The molecule has 1 aromatic heterocycles. The average molecular weight is 341 g/mol. The minimum atomic E-state index is -0.508. The van der Waals surface area contributed by atoms with Crippen LogP contribution in [0.5, 0.6) is 0 Å². The van der Waals surface area contributed by atoms with Crippen LogP contribution in [0.4, 0.5) is 0 Å². The fraction of sp³-hybridized carbons (Fsp3) is 0.421. The summed E-state index contributed by atoms with van der Waals surface area (Å²) in [5.74, 6) is -0.376. The van der Waals surface area contributed by atoms with Crippen molar-refractivity contribution in [2.45, 2.75) is 31.3 Å². The zero-order valence-electron chi connectivity index (χ0n) is 14.4. The molecular formula is C19H23N3O3. The smallest absolute Gasteiger partial charge is 0.254 e. The van der Waals surface area contributed by atoms with Gasteiger partial charge >= 0.3 is 0 Å². The van der Waals surface area contributed by atoms with E-state index in [-0.39, 0.29) is 18.2 Å². The highest BCUT2D eigenvalue weighted by Crippen LogP contribution is 2.30. The summed E-state index contributed by atoms with van der Waals surface area (Å²) >= 11 is 0. The van der Waals surface area contributed by atoms with Crippen molar-refractivity contribution in [3.8, 4) is 0 Å². The number of nitrogens with two attached hydrogens (primary N) is 1. The molecule has 0 bridgehead atoms. The highest BCUT2D eigenvalue weighted by molar-refractivity contribution is 6.06. The van der Waals surface area contributed by atoms with Gasteiger partial charge in [-0.3, -0.25) is 14.6 Å². The Labute approximate surface area is 147 Å². The molecule has 2 aromatic rings. The van der Waals surface area contributed by atoms with Gasteiger partial charge in [-0.25, -0.2) is 0 Å². The first kappa shape index (κ1) is 17.4. The molecule has 1 atom stereocenters. The minimum absolute atomic E-state index is 0.0289. The Bertz CT molecular complexity index is 787. The lowest BCUT2D eigenvalue weighted by atomic mass is 9.87. The number of rotatable bonds is 5. The molecule has 6 heteroatoms. The molecule has 0 radical (unpaired) electrons. The van der Waals surface area contributed by atoms with E-state index in [1.54, 1.807) is 13.3 Å². The van der Waals surface area contributed by atoms with Crippen LogP contribution in [0.25, 0.3) is 10.9 Å². The van der Waals surface area contributed by atoms with Gasteiger partial charge < -0.3 is 15.4 Å². The number of carbonyl (C=O) groups excluding carboxylic acids is 2. The van der Waals surface area contributed by atoms with E-state index in [0.29, 0.717) is 25.1 Å². The van der Waals surface area contributed by atoms with Crippen molar-refractivity contribution in [1.82, 2.24) is 9.88 Å². The highest BCUT2D eigenvalue weighted by atomic mass is 16.5. The summed E-state index contributed by atoms with van der Waals surface area (Å²) in [5.41, 5.74) is 6.23. The van der Waals surface area contributed by atoms with Crippen LogP contribution < -0.4 is 5.73 Å². The lowest BCUT2D eigenvalue weighted by molar-refractivity contribution is -0.120. The van der Waals surface area contributed by atoms with Crippen molar-refractivity contribution in [3.05, 3.63) is 42.1 Å². The van der Waals surface area contributed by atoms with Gasteiger partial charge in [0.1, 0.15) is 0 Å². The van der Waals surface area contributed by atoms with Gasteiger partial charge in [0, 0.05) is 43.8 Å². The quantitative estimate of drug-likeness (QED) is 0.902. The number of likely N-dealkylation sites (tertiary alicyclic amines) is 1. The van der Waals surface area contributed by atoms with E-state index in [0.717, 1.165) is 23.7 Å². The molecule has 3 rings (SSSR count). The maximum Gasteiger partial charge on any atom is 0.254 e. The Hall–Kier alpha value is -2.47. The SMILES string of the molecule is CO[C@]1(CCC(N)=O)CCCN(C(=O)c2cccc3ncccc23)C1. The fourth-order valence-corrected chi connectivity index (χ4v) is 3.56. The second kappa shape index (κ2) is 7.19. The van der Waals surface area contributed by atoms with Crippen molar-refractivity contribution < 1.29 is 14.3 Å². The molecule has 6 nitrogen and oxygen atoms in total. The van der Waals surface area contributed by atoms with E-state index < -0.39 is 5.60 Å². The van der Waals surface area contributed by atoms with Gasteiger partial charge in [-0.2, -0.15) is 0 Å². The summed E-state index contributed by atoms with van der Waals surface area (Å²) < 4.78 is 5.72. The van der Waals surface area contributed by atoms with Gasteiger partial charge in [-0.15, -0.1) is 0 Å². The first-order valence-corrected chi connectivity index (χ1v) is 8.51. The summed E-state index contributed by atoms with van der Waals surface area (Å²) in [7, 11) is 1.64. The van der Waals surface area contributed by atoms with Gasteiger partial charge in [-0.1, -0.05) is 12.1 Å². The summed E-state index contributed by atoms with van der Waals surface area (Å²) in [6.07, 6.45) is 4.16. The number of amides is 2. The maximum absolute atomic E-state index is 13.1. The van der Waals surface area contributed by atoms with Gasteiger partial charge in [0.2, 0.25) is 5.91 Å². The molecule has 2 heterocycles. The number of primary amides is 1. The Morgan fingerprint density at radius 1 is 1.32 bits per heavy atom. The lowest BCUT2D eigenvalue weighted by Crippen LogP contribution is -2.51. The standard InChI is InChI=1S/C19H23N3O3/c1-25-19(10-8-17(20)23)9-4-12-22(13-19)18(24)15-5-2-7-16-14(15)6-3-11-21-16/h2-3,5-7,11H,4,8-10,12-13H2,1H3,(H2,20,23)/t19-/m0/s1. The van der Waals surface area contributed by atoms with Crippen LogP contribution in [0.3, 0.4) is 0 Å². The van der Waals surface area contributed by atoms with E-state index in [4.69, 9.17) is 10.5 Å². The van der Waals surface area contributed by atoms with Crippen molar-refractivity contribution in [1.29, 1.82) is 0 Å². The molecule has 0 aliphatic carbocycles. The third-order valence-corrected chi connectivity index (χ3v) is 4.96. The summed E-state index contributed by atoms with van der Waals surface area (Å²) in [5, 5.41) is 0.848. The first-order chi connectivity index (χ1) is 12.0. The van der Waals surface area contributed by atoms with Gasteiger partial charge in [0.05, 0.1) is 11.1 Å². The van der Waals surface area contributed by atoms with E-state index in [1.165, 1.54) is 0 Å². The van der Waals surface area contributed by atoms with E-state index in [1.807, 2.05) is 35.2 Å². The number of fused-ring (bicyclic) bond motifs is 1. The van der Waals surface area contributed by atoms with Gasteiger partial charge in [-0.05, 0) is 37.5 Å². The molecule has 0 spiro atoms. The monoisotopic (exact) mass is 341 g/mol. The number of ether oxygens (including phenoxy) is 1. The van der Waals surface area contributed by atoms with Crippen LogP contribution in [0, 0.1) is 0 Å². The van der Waals surface area contributed by atoms with Gasteiger partial charge in [0.15, 0.2) is 0 Å². The molecule has 2 amide bonds. The Morgan fingerprint density at radius 2 is 2.16 bits per heavy atom. The average Bonchev–Trinajstić information content (AvgIpc) is 2.65. The Kier molecular flexibility index (Phi) is 4.99. The maximum atomic E-state index is 13.1. The molecule has 1 aliphatic rings.